The second-order valence-corrected chi connectivity index (χ2v) is 2.58. The average Bonchev–Trinajstić information content (AvgIpc) is 2.16. The molecule has 0 amide bonds. The molecule has 1 aromatic carbocycles. The van der Waals surface area contributed by atoms with E-state index in [1.165, 1.54) is 5.56 Å². The molecule has 0 saturated carbocycles. The van der Waals surface area contributed by atoms with Gasteiger partial charge in [-0.2, -0.15) is 0 Å². The van der Waals surface area contributed by atoms with Gasteiger partial charge in [-0.1, -0.05) is 30.3 Å². The second kappa shape index (κ2) is 4.44. The van der Waals surface area contributed by atoms with Gasteiger partial charge in [0.25, 0.3) is 0 Å². The van der Waals surface area contributed by atoms with Crippen LogP contribution in [0.5, 0.6) is 0 Å². The number of hydrogen-bond donors (Lipinski definition) is 2. The third kappa shape index (κ3) is 2.66. The number of nitrogens with one attached hydrogen (secondary N) is 1. The van der Waals surface area contributed by atoms with Crippen LogP contribution in [-0.2, 0) is 6.54 Å². The van der Waals surface area contributed by atoms with Gasteiger partial charge in [0.05, 0.1) is 5.82 Å². The fourth-order valence-electron chi connectivity index (χ4n) is 0.902. The zero-order chi connectivity index (χ0) is 8.81. The molecule has 3 N–H and O–H groups in total. The average molecular weight is 162 g/mol. The van der Waals surface area contributed by atoms with Crippen molar-refractivity contribution in [3.63, 3.8) is 0 Å². The summed E-state index contributed by atoms with van der Waals surface area (Å²) in [7, 11) is 0. The molecular weight excluding hydrogens is 148 g/mol. The normalized spacial score (nSPS) is 11.2. The molecule has 0 aliphatic carbocycles. The molecule has 12 heavy (non-hydrogen) atoms. The Morgan fingerprint density at radius 1 is 1.42 bits per heavy atom. The maximum atomic E-state index is 5.57. The maximum absolute atomic E-state index is 5.57. The predicted molar refractivity (Wildman–Crippen MR) is 51.2 cm³/mol. The Kier molecular flexibility index (Phi) is 3.20. The number of benzene rings is 1. The Balaban J connectivity index is 2.44. The predicted octanol–water partition coefficient (Wildman–Crippen LogP) is 1.60. The number of nitrogens with two attached hydrogens (primary N) is 1. The van der Waals surface area contributed by atoms with Crippen LogP contribution in [-0.4, -0.2) is 0 Å². The first kappa shape index (κ1) is 8.65. The quantitative estimate of drug-likeness (QED) is 0.708. The van der Waals surface area contributed by atoms with Crippen molar-refractivity contribution < 1.29 is 0 Å². The van der Waals surface area contributed by atoms with E-state index in [0.29, 0.717) is 0 Å². The fourth-order valence-corrected chi connectivity index (χ4v) is 0.902. The van der Waals surface area contributed by atoms with E-state index in [4.69, 9.17) is 5.73 Å². The number of allylic oxidation sites excluding steroid dienone is 1. The molecular formula is C10H14N2. The van der Waals surface area contributed by atoms with Gasteiger partial charge in [-0.15, -0.1) is 0 Å². The van der Waals surface area contributed by atoms with Crippen LogP contribution in [0.2, 0.25) is 0 Å². The highest BCUT2D eigenvalue weighted by Crippen LogP contribution is 1.97. The lowest BCUT2D eigenvalue weighted by Gasteiger charge is -2.04. The Morgan fingerprint density at radius 2 is 2.08 bits per heavy atom. The van der Waals surface area contributed by atoms with E-state index >= 15 is 0 Å². The van der Waals surface area contributed by atoms with Crippen LogP contribution in [0.25, 0.3) is 0 Å². The molecule has 0 spiro atoms. The summed E-state index contributed by atoms with van der Waals surface area (Å²) in [5.74, 6) is 0.721. The van der Waals surface area contributed by atoms with E-state index in [9.17, 15) is 0 Å². The lowest BCUT2D eigenvalue weighted by molar-refractivity contribution is 0.797. The summed E-state index contributed by atoms with van der Waals surface area (Å²) in [6.07, 6.45) is 1.85. The van der Waals surface area contributed by atoms with Crippen molar-refractivity contribution in [2.75, 3.05) is 0 Å². The summed E-state index contributed by atoms with van der Waals surface area (Å²) >= 11 is 0. The van der Waals surface area contributed by atoms with Crippen LogP contribution in [0.3, 0.4) is 0 Å². The molecule has 2 heteroatoms. The Hall–Kier alpha value is -1.44. The molecule has 0 aromatic heterocycles. The van der Waals surface area contributed by atoms with Crippen molar-refractivity contribution >= 4 is 0 Å². The summed E-state index contributed by atoms with van der Waals surface area (Å²) in [6, 6.07) is 10.2. The smallest absolute Gasteiger partial charge is 0.0918 e. The largest absolute Gasteiger partial charge is 0.386 e. The van der Waals surface area contributed by atoms with Crippen molar-refractivity contribution in [2.24, 2.45) is 5.73 Å². The highest BCUT2D eigenvalue weighted by Gasteiger charge is 1.89. The molecule has 2 nitrogen and oxygen atoms in total. The van der Waals surface area contributed by atoms with Gasteiger partial charge in [0, 0.05) is 6.54 Å². The van der Waals surface area contributed by atoms with Crippen LogP contribution in [0.1, 0.15) is 12.5 Å². The molecule has 0 aliphatic heterocycles. The van der Waals surface area contributed by atoms with E-state index in [1.54, 1.807) is 0 Å². The zero-order valence-corrected chi connectivity index (χ0v) is 7.25. The molecule has 0 bridgehead atoms. The topological polar surface area (TPSA) is 38.0 Å². The molecule has 64 valence electrons. The van der Waals surface area contributed by atoms with Gasteiger partial charge in [0.15, 0.2) is 0 Å². The third-order valence-electron chi connectivity index (χ3n) is 1.65. The first-order valence-electron chi connectivity index (χ1n) is 4.02. The maximum Gasteiger partial charge on any atom is 0.0918 e. The van der Waals surface area contributed by atoms with Crippen LogP contribution in [0.4, 0.5) is 0 Å². The summed E-state index contributed by atoms with van der Waals surface area (Å²) in [5.41, 5.74) is 6.81. The Morgan fingerprint density at radius 3 is 2.67 bits per heavy atom. The Labute approximate surface area is 73.1 Å². The van der Waals surface area contributed by atoms with Gasteiger partial charge in [0.1, 0.15) is 0 Å². The van der Waals surface area contributed by atoms with Crippen LogP contribution in [0, 0.1) is 0 Å². The lowest BCUT2D eigenvalue weighted by Crippen LogP contribution is -2.18. The van der Waals surface area contributed by atoms with Crippen LogP contribution >= 0.6 is 0 Å². The van der Waals surface area contributed by atoms with Gasteiger partial charge in [-0.3, -0.25) is 0 Å². The third-order valence-corrected chi connectivity index (χ3v) is 1.65. The minimum absolute atomic E-state index is 0.721. The minimum Gasteiger partial charge on any atom is -0.386 e. The van der Waals surface area contributed by atoms with Crippen LogP contribution in [0.15, 0.2) is 42.2 Å². The van der Waals surface area contributed by atoms with Crippen molar-refractivity contribution in [1.82, 2.24) is 5.32 Å². The van der Waals surface area contributed by atoms with E-state index in [-0.39, 0.29) is 0 Å². The minimum atomic E-state index is 0.721. The molecule has 0 unspecified atom stereocenters. The summed E-state index contributed by atoms with van der Waals surface area (Å²) in [6.45, 7) is 2.70. The van der Waals surface area contributed by atoms with E-state index < -0.39 is 0 Å². The van der Waals surface area contributed by atoms with Gasteiger partial charge in [-0.25, -0.2) is 0 Å². The van der Waals surface area contributed by atoms with E-state index in [1.807, 2.05) is 31.2 Å². The monoisotopic (exact) mass is 162 g/mol. The molecule has 0 fully saturated rings. The van der Waals surface area contributed by atoms with Gasteiger partial charge in [0.2, 0.25) is 0 Å². The first-order valence-corrected chi connectivity index (χ1v) is 4.02. The SMILES string of the molecule is CC=C(N)NCc1ccccc1. The molecule has 1 aromatic rings. The van der Waals surface area contributed by atoms with Gasteiger partial charge >= 0.3 is 0 Å². The molecule has 0 saturated heterocycles. The number of hydrogen-bond acceptors (Lipinski definition) is 2. The second-order valence-electron chi connectivity index (χ2n) is 2.58. The Bertz CT molecular complexity index is 252. The molecule has 1 rings (SSSR count). The summed E-state index contributed by atoms with van der Waals surface area (Å²) in [5, 5.41) is 3.09. The van der Waals surface area contributed by atoms with Crippen LogP contribution < -0.4 is 11.1 Å². The van der Waals surface area contributed by atoms with E-state index in [2.05, 4.69) is 17.4 Å². The molecule has 0 aliphatic rings. The molecule has 0 atom stereocenters. The zero-order valence-electron chi connectivity index (χ0n) is 7.25. The van der Waals surface area contributed by atoms with Crippen molar-refractivity contribution in [3.8, 4) is 0 Å². The highest BCUT2D eigenvalue weighted by atomic mass is 15.0. The summed E-state index contributed by atoms with van der Waals surface area (Å²) < 4.78 is 0. The fraction of sp³-hybridized carbons (Fsp3) is 0.200. The lowest BCUT2D eigenvalue weighted by atomic mass is 10.2. The highest BCUT2D eigenvalue weighted by molar-refractivity contribution is 5.15. The standard InChI is InChI=1S/C10H14N2/c1-2-10(11)12-8-9-6-4-3-5-7-9/h2-7,12H,8,11H2,1H3. The van der Waals surface area contributed by atoms with Crippen molar-refractivity contribution in [2.45, 2.75) is 13.5 Å². The van der Waals surface area contributed by atoms with Gasteiger partial charge in [-0.05, 0) is 18.6 Å². The number of rotatable bonds is 3. The summed E-state index contributed by atoms with van der Waals surface area (Å²) in [4.78, 5) is 0. The first-order chi connectivity index (χ1) is 5.83. The van der Waals surface area contributed by atoms with Crippen molar-refractivity contribution in [3.05, 3.63) is 47.8 Å². The molecule has 0 heterocycles. The van der Waals surface area contributed by atoms with Gasteiger partial charge < -0.3 is 11.1 Å². The molecule has 0 radical (unpaired) electrons. The van der Waals surface area contributed by atoms with Crippen molar-refractivity contribution in [1.29, 1.82) is 0 Å². The van der Waals surface area contributed by atoms with E-state index in [0.717, 1.165) is 12.4 Å².